The standard InChI is InChI=1S/C17H25NO5S/c1-12-7-8-15(24(3,20)21)10-16(12)18-17(19)13(2)23-11-14-6-4-5-9-22-14/h7-8,10,13-14H,4-6,9,11H2,1-3H3,(H,18,19). The van der Waals surface area contributed by atoms with Gasteiger partial charge in [0, 0.05) is 18.6 Å². The predicted octanol–water partition coefficient (Wildman–Crippen LogP) is 2.31. The van der Waals surface area contributed by atoms with Crippen molar-refractivity contribution in [1.29, 1.82) is 0 Å². The number of nitrogens with one attached hydrogen (secondary N) is 1. The Morgan fingerprint density at radius 2 is 2.17 bits per heavy atom. The topological polar surface area (TPSA) is 81.7 Å². The van der Waals surface area contributed by atoms with Crippen molar-refractivity contribution in [2.45, 2.75) is 50.2 Å². The summed E-state index contributed by atoms with van der Waals surface area (Å²) in [5.41, 5.74) is 1.27. The molecule has 0 spiro atoms. The summed E-state index contributed by atoms with van der Waals surface area (Å²) < 4.78 is 34.5. The normalized spacial score (nSPS) is 19.7. The molecule has 2 atom stereocenters. The summed E-state index contributed by atoms with van der Waals surface area (Å²) in [7, 11) is -3.32. The molecule has 0 bridgehead atoms. The number of hydrogen-bond acceptors (Lipinski definition) is 5. The number of anilines is 1. The number of ether oxygens (including phenoxy) is 2. The first kappa shape index (κ1) is 18.9. The lowest BCUT2D eigenvalue weighted by atomic mass is 10.1. The van der Waals surface area contributed by atoms with Crippen LogP contribution in [0.5, 0.6) is 0 Å². The first-order chi connectivity index (χ1) is 11.3. The van der Waals surface area contributed by atoms with Crippen LogP contribution in [0.1, 0.15) is 31.7 Å². The van der Waals surface area contributed by atoms with Gasteiger partial charge in [0.1, 0.15) is 6.10 Å². The van der Waals surface area contributed by atoms with Gasteiger partial charge in [0.2, 0.25) is 0 Å². The molecule has 0 aromatic heterocycles. The largest absolute Gasteiger partial charge is 0.376 e. The second kappa shape index (κ2) is 8.09. The minimum absolute atomic E-state index is 0.0456. The molecule has 0 saturated carbocycles. The van der Waals surface area contributed by atoms with Crippen LogP contribution in [0.25, 0.3) is 0 Å². The van der Waals surface area contributed by atoms with Gasteiger partial charge in [0.15, 0.2) is 9.84 Å². The summed E-state index contributed by atoms with van der Waals surface area (Å²) in [5, 5.41) is 2.74. The van der Waals surface area contributed by atoms with E-state index in [0.717, 1.165) is 37.7 Å². The number of aryl methyl sites for hydroxylation is 1. The van der Waals surface area contributed by atoms with Gasteiger partial charge in [-0.1, -0.05) is 6.07 Å². The Morgan fingerprint density at radius 1 is 1.42 bits per heavy atom. The van der Waals surface area contributed by atoms with E-state index in [1.54, 1.807) is 13.0 Å². The molecule has 1 aromatic carbocycles. The highest BCUT2D eigenvalue weighted by atomic mass is 32.2. The maximum absolute atomic E-state index is 12.3. The quantitative estimate of drug-likeness (QED) is 0.847. The third-order valence-corrected chi connectivity index (χ3v) is 5.18. The molecule has 1 fully saturated rings. The molecule has 1 N–H and O–H groups in total. The molecule has 1 amide bonds. The van der Waals surface area contributed by atoms with E-state index in [0.29, 0.717) is 12.3 Å². The van der Waals surface area contributed by atoms with E-state index in [4.69, 9.17) is 9.47 Å². The second-order valence-electron chi connectivity index (χ2n) is 6.20. The van der Waals surface area contributed by atoms with E-state index in [9.17, 15) is 13.2 Å². The van der Waals surface area contributed by atoms with E-state index in [2.05, 4.69) is 5.32 Å². The molecule has 1 heterocycles. The zero-order valence-corrected chi connectivity index (χ0v) is 15.2. The van der Waals surface area contributed by atoms with Gasteiger partial charge in [-0.3, -0.25) is 4.79 Å². The van der Waals surface area contributed by atoms with Crippen LogP contribution in [0.2, 0.25) is 0 Å². The van der Waals surface area contributed by atoms with Gasteiger partial charge >= 0.3 is 0 Å². The van der Waals surface area contributed by atoms with Gasteiger partial charge in [-0.05, 0) is 50.8 Å². The fourth-order valence-corrected chi connectivity index (χ4v) is 3.11. The zero-order valence-electron chi connectivity index (χ0n) is 14.4. The Labute approximate surface area is 143 Å². The molecule has 24 heavy (non-hydrogen) atoms. The summed E-state index contributed by atoms with van der Waals surface area (Å²) in [5.74, 6) is -0.306. The number of carbonyl (C=O) groups excluding carboxylic acids is 1. The maximum Gasteiger partial charge on any atom is 0.253 e. The minimum atomic E-state index is -3.32. The Hall–Kier alpha value is -1.44. The Bertz CT molecular complexity index is 680. The smallest absolute Gasteiger partial charge is 0.253 e. The van der Waals surface area contributed by atoms with Crippen molar-refractivity contribution in [2.24, 2.45) is 0 Å². The highest BCUT2D eigenvalue weighted by molar-refractivity contribution is 7.90. The molecule has 2 rings (SSSR count). The Kier molecular flexibility index (Phi) is 6.37. The molecule has 6 nitrogen and oxygen atoms in total. The minimum Gasteiger partial charge on any atom is -0.376 e. The Morgan fingerprint density at radius 3 is 2.79 bits per heavy atom. The van der Waals surface area contributed by atoms with Gasteiger partial charge in [0.05, 0.1) is 17.6 Å². The van der Waals surface area contributed by atoms with E-state index in [-0.39, 0.29) is 16.9 Å². The van der Waals surface area contributed by atoms with Crippen LogP contribution >= 0.6 is 0 Å². The number of carbonyl (C=O) groups is 1. The zero-order chi connectivity index (χ0) is 17.7. The average Bonchev–Trinajstić information content (AvgIpc) is 2.54. The number of hydrogen-bond donors (Lipinski definition) is 1. The average molecular weight is 355 g/mol. The van der Waals surface area contributed by atoms with Gasteiger partial charge in [-0.25, -0.2) is 8.42 Å². The molecule has 0 aliphatic carbocycles. The number of sulfone groups is 1. The van der Waals surface area contributed by atoms with Gasteiger partial charge in [-0.2, -0.15) is 0 Å². The Balaban J connectivity index is 1.95. The van der Waals surface area contributed by atoms with Crippen molar-refractivity contribution in [3.05, 3.63) is 23.8 Å². The summed E-state index contributed by atoms with van der Waals surface area (Å²) in [6.45, 7) is 4.61. The van der Waals surface area contributed by atoms with Crippen LogP contribution in [-0.2, 0) is 24.1 Å². The summed E-state index contributed by atoms with van der Waals surface area (Å²) in [6.07, 6.45) is 3.68. The third kappa shape index (κ3) is 5.29. The number of benzene rings is 1. The number of amides is 1. The summed E-state index contributed by atoms with van der Waals surface area (Å²) in [6, 6.07) is 4.67. The summed E-state index contributed by atoms with van der Waals surface area (Å²) >= 11 is 0. The number of rotatable bonds is 6. The first-order valence-corrected chi connectivity index (χ1v) is 10.0. The molecular formula is C17H25NO5S. The summed E-state index contributed by atoms with van der Waals surface area (Å²) in [4.78, 5) is 12.4. The second-order valence-corrected chi connectivity index (χ2v) is 8.22. The maximum atomic E-state index is 12.3. The van der Waals surface area contributed by atoms with Crippen LogP contribution in [0.15, 0.2) is 23.1 Å². The lowest BCUT2D eigenvalue weighted by molar-refractivity contribution is -0.130. The van der Waals surface area contributed by atoms with Crippen molar-refractivity contribution >= 4 is 21.4 Å². The van der Waals surface area contributed by atoms with Crippen molar-refractivity contribution in [3.8, 4) is 0 Å². The highest BCUT2D eigenvalue weighted by Crippen LogP contribution is 2.21. The third-order valence-electron chi connectivity index (χ3n) is 4.07. The highest BCUT2D eigenvalue weighted by Gasteiger charge is 2.20. The van der Waals surface area contributed by atoms with Crippen LogP contribution in [0.4, 0.5) is 5.69 Å². The molecule has 0 radical (unpaired) electrons. The van der Waals surface area contributed by atoms with E-state index >= 15 is 0 Å². The lowest BCUT2D eigenvalue weighted by Crippen LogP contribution is -2.32. The SMILES string of the molecule is Cc1ccc(S(C)(=O)=O)cc1NC(=O)C(C)OCC1CCCCO1. The molecular weight excluding hydrogens is 330 g/mol. The first-order valence-electron chi connectivity index (χ1n) is 8.12. The van der Waals surface area contributed by atoms with Crippen molar-refractivity contribution < 1.29 is 22.7 Å². The molecule has 2 unspecified atom stereocenters. The lowest BCUT2D eigenvalue weighted by Gasteiger charge is -2.24. The van der Waals surface area contributed by atoms with Crippen molar-refractivity contribution in [1.82, 2.24) is 0 Å². The van der Waals surface area contributed by atoms with Crippen molar-refractivity contribution in [3.63, 3.8) is 0 Å². The molecule has 1 saturated heterocycles. The fourth-order valence-electron chi connectivity index (χ4n) is 2.47. The van der Waals surface area contributed by atoms with E-state index in [1.165, 1.54) is 12.1 Å². The van der Waals surface area contributed by atoms with Crippen molar-refractivity contribution in [2.75, 3.05) is 24.8 Å². The van der Waals surface area contributed by atoms with Gasteiger partial charge in [-0.15, -0.1) is 0 Å². The van der Waals surface area contributed by atoms with Crippen LogP contribution in [-0.4, -0.2) is 46.0 Å². The monoisotopic (exact) mass is 355 g/mol. The van der Waals surface area contributed by atoms with Gasteiger partial charge < -0.3 is 14.8 Å². The molecule has 7 heteroatoms. The van der Waals surface area contributed by atoms with Crippen LogP contribution in [0.3, 0.4) is 0 Å². The molecule has 134 valence electrons. The van der Waals surface area contributed by atoms with E-state index < -0.39 is 15.9 Å². The molecule has 1 aliphatic rings. The van der Waals surface area contributed by atoms with E-state index in [1.807, 2.05) is 6.92 Å². The molecule has 1 aromatic rings. The molecule has 1 aliphatic heterocycles. The van der Waals surface area contributed by atoms with Crippen LogP contribution < -0.4 is 5.32 Å². The fraction of sp³-hybridized carbons (Fsp3) is 0.588. The van der Waals surface area contributed by atoms with Gasteiger partial charge in [0.25, 0.3) is 5.91 Å². The van der Waals surface area contributed by atoms with Crippen LogP contribution in [0, 0.1) is 6.92 Å². The predicted molar refractivity (Wildman–Crippen MR) is 91.9 cm³/mol.